The average molecular weight is 709 g/mol. The van der Waals surface area contributed by atoms with Gasteiger partial charge in [0, 0.05) is 13.0 Å². The maximum absolute atomic E-state index is 12.4. The number of rotatable bonds is 39. The van der Waals surface area contributed by atoms with Crippen molar-refractivity contribution < 1.29 is 43.0 Å². The second-order valence-electron chi connectivity index (χ2n) is 13.7. The molecule has 0 radical (unpaired) electrons. The van der Waals surface area contributed by atoms with Crippen molar-refractivity contribution in [3.05, 3.63) is 0 Å². The summed E-state index contributed by atoms with van der Waals surface area (Å²) in [6.45, 7) is 3.50. The van der Waals surface area contributed by atoms with Crippen molar-refractivity contribution in [1.29, 1.82) is 0 Å². The minimum Gasteiger partial charge on any atom is -0.457 e. The Bertz CT molecular complexity index is 724. The average Bonchev–Trinajstić information content (AvgIpc) is 3.07. The van der Waals surface area contributed by atoms with E-state index in [0.29, 0.717) is 6.61 Å². The normalized spacial score (nSPS) is 14.2. The van der Waals surface area contributed by atoms with Crippen LogP contribution in [0.25, 0.3) is 0 Å². The van der Waals surface area contributed by atoms with Gasteiger partial charge < -0.3 is 24.6 Å². The summed E-state index contributed by atoms with van der Waals surface area (Å²) in [7, 11) is -4.50. The summed E-state index contributed by atoms with van der Waals surface area (Å²) in [5.74, 6) is -0.385. The van der Waals surface area contributed by atoms with E-state index in [9.17, 15) is 19.4 Å². The van der Waals surface area contributed by atoms with Gasteiger partial charge in [-0.3, -0.25) is 13.8 Å². The molecule has 0 aliphatic carbocycles. The molecule has 0 bridgehead atoms. The van der Waals surface area contributed by atoms with Crippen molar-refractivity contribution in [3.8, 4) is 0 Å². The summed E-state index contributed by atoms with van der Waals surface area (Å²) in [6, 6.07) is 0. The van der Waals surface area contributed by atoms with Crippen molar-refractivity contribution in [2.24, 2.45) is 0 Å². The number of phosphoric ester groups is 1. The van der Waals surface area contributed by atoms with Crippen molar-refractivity contribution >= 4 is 13.8 Å². The van der Waals surface area contributed by atoms with Crippen LogP contribution >= 0.6 is 7.82 Å². The summed E-state index contributed by atoms with van der Waals surface area (Å²) < 4.78 is 33.1. The zero-order chi connectivity index (χ0) is 35.4. The Morgan fingerprint density at radius 3 is 1.35 bits per heavy atom. The lowest BCUT2D eigenvalue weighted by Gasteiger charge is -2.20. The molecule has 3 unspecified atom stereocenters. The molecular formula is C38H77O9P. The minimum absolute atomic E-state index is 0.0567. The maximum Gasteiger partial charge on any atom is 0.472 e. The summed E-state index contributed by atoms with van der Waals surface area (Å²) in [5.41, 5.74) is 0. The fraction of sp³-hybridized carbons (Fsp3) is 0.974. The third-order valence-corrected chi connectivity index (χ3v) is 9.74. The largest absolute Gasteiger partial charge is 0.472 e. The number of unbranched alkanes of at least 4 members (excludes halogenated alkanes) is 25. The first-order chi connectivity index (χ1) is 23.3. The number of esters is 1. The van der Waals surface area contributed by atoms with Gasteiger partial charge in [-0.05, 0) is 12.8 Å². The lowest BCUT2D eigenvalue weighted by Crippen LogP contribution is -2.29. The Morgan fingerprint density at radius 1 is 0.562 bits per heavy atom. The van der Waals surface area contributed by atoms with Crippen molar-refractivity contribution in [3.63, 3.8) is 0 Å². The lowest BCUT2D eigenvalue weighted by atomic mass is 10.0. The molecule has 0 amide bonds. The Hall–Kier alpha value is -0.540. The van der Waals surface area contributed by atoms with Gasteiger partial charge in [-0.2, -0.15) is 0 Å². The molecule has 288 valence electrons. The highest BCUT2D eigenvalue weighted by molar-refractivity contribution is 7.47. The molecule has 48 heavy (non-hydrogen) atoms. The van der Waals surface area contributed by atoms with Gasteiger partial charge in [0.15, 0.2) is 0 Å². The fourth-order valence-corrected chi connectivity index (χ4v) is 6.50. The van der Waals surface area contributed by atoms with Crippen LogP contribution in [0, 0.1) is 0 Å². The molecule has 10 heteroatoms. The van der Waals surface area contributed by atoms with Gasteiger partial charge in [0.25, 0.3) is 0 Å². The maximum atomic E-state index is 12.4. The van der Waals surface area contributed by atoms with Crippen LogP contribution in [0.1, 0.15) is 194 Å². The van der Waals surface area contributed by atoms with Gasteiger partial charge in [-0.1, -0.05) is 174 Å². The van der Waals surface area contributed by atoms with Gasteiger partial charge in [0.05, 0.1) is 26.4 Å². The second-order valence-corrected chi connectivity index (χ2v) is 15.1. The number of aliphatic hydroxyl groups excluding tert-OH is 2. The molecule has 0 heterocycles. The molecule has 0 spiro atoms. The number of aliphatic hydroxyl groups is 2. The zero-order valence-corrected chi connectivity index (χ0v) is 32.1. The zero-order valence-electron chi connectivity index (χ0n) is 31.2. The third-order valence-electron chi connectivity index (χ3n) is 8.79. The molecule has 0 aliphatic rings. The molecule has 0 aromatic carbocycles. The van der Waals surface area contributed by atoms with E-state index in [1.165, 1.54) is 141 Å². The molecule has 0 saturated heterocycles. The first kappa shape index (κ1) is 47.5. The summed E-state index contributed by atoms with van der Waals surface area (Å²) >= 11 is 0. The van der Waals surface area contributed by atoms with Crippen LogP contribution in [-0.2, 0) is 27.9 Å². The summed E-state index contributed by atoms with van der Waals surface area (Å²) in [5, 5.41) is 18.2. The van der Waals surface area contributed by atoms with E-state index in [1.54, 1.807) is 0 Å². The van der Waals surface area contributed by atoms with E-state index in [4.69, 9.17) is 23.6 Å². The highest BCUT2D eigenvalue weighted by Crippen LogP contribution is 2.43. The first-order valence-corrected chi connectivity index (χ1v) is 21.5. The number of hydrogen-bond donors (Lipinski definition) is 3. The molecule has 0 aromatic rings. The van der Waals surface area contributed by atoms with Crippen LogP contribution in [0.4, 0.5) is 0 Å². The van der Waals surface area contributed by atoms with Crippen LogP contribution < -0.4 is 0 Å². The topological polar surface area (TPSA) is 132 Å². The van der Waals surface area contributed by atoms with Crippen LogP contribution in [-0.4, -0.2) is 66.3 Å². The van der Waals surface area contributed by atoms with E-state index in [-0.39, 0.29) is 25.6 Å². The number of ether oxygens (including phenoxy) is 2. The van der Waals surface area contributed by atoms with Crippen molar-refractivity contribution in [1.82, 2.24) is 0 Å². The minimum atomic E-state index is -4.50. The highest BCUT2D eigenvalue weighted by atomic mass is 31.2. The van der Waals surface area contributed by atoms with Gasteiger partial charge in [-0.15, -0.1) is 0 Å². The molecule has 0 saturated carbocycles. The molecule has 3 atom stereocenters. The number of carbonyl (C=O) groups excluding carboxylic acids is 1. The number of carbonyl (C=O) groups is 1. The van der Waals surface area contributed by atoms with Crippen molar-refractivity contribution in [2.45, 2.75) is 206 Å². The highest BCUT2D eigenvalue weighted by Gasteiger charge is 2.26. The van der Waals surface area contributed by atoms with E-state index < -0.39 is 33.2 Å². The van der Waals surface area contributed by atoms with E-state index in [0.717, 1.165) is 32.1 Å². The molecule has 0 aromatic heterocycles. The molecule has 0 fully saturated rings. The van der Waals surface area contributed by atoms with Crippen molar-refractivity contribution in [2.75, 3.05) is 33.0 Å². The van der Waals surface area contributed by atoms with Crippen LogP contribution in [0.3, 0.4) is 0 Å². The van der Waals surface area contributed by atoms with Gasteiger partial charge in [0.2, 0.25) is 0 Å². The lowest BCUT2D eigenvalue weighted by molar-refractivity contribution is -0.154. The van der Waals surface area contributed by atoms with E-state index in [2.05, 4.69) is 13.8 Å². The van der Waals surface area contributed by atoms with Crippen LogP contribution in [0.5, 0.6) is 0 Å². The SMILES string of the molecule is CCCCCCCCCCCCCCCCCCCCCCOCC(COP(=O)(O)OCC(O)CO)OC(=O)CCCCCCCCC. The number of phosphoric acid groups is 1. The Kier molecular flexibility index (Phi) is 35.8. The van der Waals surface area contributed by atoms with E-state index in [1.807, 2.05) is 0 Å². The van der Waals surface area contributed by atoms with Crippen LogP contribution in [0.15, 0.2) is 0 Å². The molecule has 3 N–H and O–H groups in total. The summed E-state index contributed by atoms with van der Waals surface area (Å²) in [4.78, 5) is 22.3. The standard InChI is InChI=1S/C38H77O9P/c1-3-5-7-9-11-12-13-14-15-16-17-18-19-20-21-22-23-25-27-29-31-44-34-37(35-46-48(42,43)45-33-36(40)32-39)47-38(41)30-28-26-24-10-8-6-4-2/h36-37,39-40H,3-35H2,1-2H3,(H,42,43). The van der Waals surface area contributed by atoms with Crippen LogP contribution in [0.2, 0.25) is 0 Å². The molecule has 0 aliphatic heterocycles. The Morgan fingerprint density at radius 2 is 0.938 bits per heavy atom. The summed E-state index contributed by atoms with van der Waals surface area (Å²) in [6.07, 6.45) is 32.3. The number of hydrogen-bond acceptors (Lipinski definition) is 8. The first-order valence-electron chi connectivity index (χ1n) is 20.0. The predicted octanol–water partition coefficient (Wildman–Crippen LogP) is 10.4. The fourth-order valence-electron chi connectivity index (χ4n) is 5.71. The molecule has 0 rings (SSSR count). The van der Waals surface area contributed by atoms with E-state index >= 15 is 0 Å². The molecular weight excluding hydrogens is 631 g/mol. The third kappa shape index (κ3) is 35.3. The Balaban J connectivity index is 3.98. The van der Waals surface area contributed by atoms with Gasteiger partial charge >= 0.3 is 13.8 Å². The smallest absolute Gasteiger partial charge is 0.457 e. The Labute approximate surface area is 295 Å². The monoisotopic (exact) mass is 709 g/mol. The second kappa shape index (κ2) is 36.3. The van der Waals surface area contributed by atoms with Gasteiger partial charge in [0.1, 0.15) is 12.2 Å². The van der Waals surface area contributed by atoms with Gasteiger partial charge in [-0.25, -0.2) is 4.57 Å². The quantitative estimate of drug-likeness (QED) is 0.0324. The molecule has 9 nitrogen and oxygen atoms in total. The predicted molar refractivity (Wildman–Crippen MR) is 196 cm³/mol.